The molecule has 1 N–H and O–H groups in total. The van der Waals surface area contributed by atoms with Crippen LogP contribution in [0.3, 0.4) is 0 Å². The third-order valence-corrected chi connectivity index (χ3v) is 4.16. The summed E-state index contributed by atoms with van der Waals surface area (Å²) >= 11 is 0. The van der Waals surface area contributed by atoms with E-state index in [0.29, 0.717) is 18.4 Å². The quantitative estimate of drug-likeness (QED) is 0.806. The fourth-order valence-electron chi connectivity index (χ4n) is 2.85. The van der Waals surface area contributed by atoms with Crippen LogP contribution in [0, 0.1) is 11.8 Å². The lowest BCUT2D eigenvalue weighted by atomic mass is 9.89. The number of carbonyl (C=O) groups is 1. The summed E-state index contributed by atoms with van der Waals surface area (Å²) in [4.78, 5) is 12.7. The Bertz CT molecular complexity index is 502. The van der Waals surface area contributed by atoms with Gasteiger partial charge in [0.05, 0.1) is 6.61 Å². The van der Waals surface area contributed by atoms with E-state index in [4.69, 9.17) is 4.74 Å². The van der Waals surface area contributed by atoms with Crippen LogP contribution in [0.4, 0.5) is 0 Å². The van der Waals surface area contributed by atoms with Crippen molar-refractivity contribution in [1.29, 1.82) is 0 Å². The number of benzene rings is 1. The molecule has 1 aliphatic rings. The molecule has 0 spiro atoms. The van der Waals surface area contributed by atoms with Crippen LogP contribution in [0.25, 0.3) is 0 Å². The van der Waals surface area contributed by atoms with Gasteiger partial charge in [-0.25, -0.2) is 0 Å². The highest BCUT2D eigenvalue weighted by molar-refractivity contribution is 5.98. The Balaban J connectivity index is 2.18. The van der Waals surface area contributed by atoms with Crippen molar-refractivity contribution in [3.8, 4) is 5.75 Å². The maximum Gasteiger partial charge on any atom is 0.167 e. The molecule has 122 valence electrons. The van der Waals surface area contributed by atoms with Gasteiger partial charge in [0.2, 0.25) is 0 Å². The van der Waals surface area contributed by atoms with Crippen LogP contribution in [-0.4, -0.2) is 25.5 Å². The molecule has 0 aliphatic carbocycles. The van der Waals surface area contributed by atoms with Gasteiger partial charge in [-0.3, -0.25) is 4.79 Å². The number of piperidine rings is 1. The summed E-state index contributed by atoms with van der Waals surface area (Å²) in [5.74, 6) is 2.15. The summed E-state index contributed by atoms with van der Waals surface area (Å²) in [5, 5.41) is 3.32. The van der Waals surface area contributed by atoms with Crippen molar-refractivity contribution in [3.63, 3.8) is 0 Å². The Labute approximate surface area is 134 Å². The fourth-order valence-corrected chi connectivity index (χ4v) is 2.85. The van der Waals surface area contributed by atoms with E-state index in [1.807, 2.05) is 18.2 Å². The van der Waals surface area contributed by atoms with E-state index in [9.17, 15) is 4.79 Å². The summed E-state index contributed by atoms with van der Waals surface area (Å²) in [6.07, 6.45) is 2.08. The Morgan fingerprint density at radius 3 is 2.68 bits per heavy atom. The van der Waals surface area contributed by atoms with Crippen molar-refractivity contribution in [2.45, 2.75) is 46.5 Å². The minimum absolute atomic E-state index is 0.121. The van der Waals surface area contributed by atoms with E-state index < -0.39 is 0 Å². The van der Waals surface area contributed by atoms with Crippen molar-refractivity contribution in [2.24, 2.45) is 11.8 Å². The molecule has 1 unspecified atom stereocenters. The second kappa shape index (κ2) is 7.77. The maximum atomic E-state index is 12.7. The van der Waals surface area contributed by atoms with Crippen molar-refractivity contribution in [1.82, 2.24) is 5.32 Å². The highest BCUT2D eigenvalue weighted by Crippen LogP contribution is 2.29. The predicted molar refractivity (Wildman–Crippen MR) is 90.8 cm³/mol. The number of ketones is 1. The molecule has 2 rings (SSSR count). The highest BCUT2D eigenvalue weighted by atomic mass is 16.5. The Morgan fingerprint density at radius 2 is 2.09 bits per heavy atom. The predicted octanol–water partition coefficient (Wildman–Crippen LogP) is 4.03. The summed E-state index contributed by atoms with van der Waals surface area (Å²) in [6, 6.07) is 5.94. The molecule has 0 saturated carbocycles. The molecular weight excluding hydrogens is 274 g/mol. The summed E-state index contributed by atoms with van der Waals surface area (Å²) < 4.78 is 5.92. The number of hydrogen-bond donors (Lipinski definition) is 1. The molecule has 3 nitrogen and oxygen atoms in total. The minimum atomic E-state index is 0.121. The molecular formula is C19H29NO2. The molecule has 1 heterocycles. The first kappa shape index (κ1) is 17.0. The number of nitrogens with one attached hydrogen (secondary N) is 1. The molecule has 3 heteroatoms. The van der Waals surface area contributed by atoms with Crippen LogP contribution in [0.1, 0.15) is 62.4 Å². The zero-order chi connectivity index (χ0) is 16.1. The van der Waals surface area contributed by atoms with Gasteiger partial charge in [-0.1, -0.05) is 27.7 Å². The van der Waals surface area contributed by atoms with Crippen LogP contribution >= 0.6 is 0 Å². The SMILES string of the molecule is CC(C)COc1ccc(C(=O)C2CCCNC2)cc1C(C)C. The Hall–Kier alpha value is -1.35. The maximum absolute atomic E-state index is 12.7. The van der Waals surface area contributed by atoms with Crippen molar-refractivity contribution < 1.29 is 9.53 Å². The summed E-state index contributed by atoms with van der Waals surface area (Å²) in [7, 11) is 0. The average molecular weight is 303 g/mol. The van der Waals surface area contributed by atoms with Gasteiger partial charge in [-0.05, 0) is 55.0 Å². The van der Waals surface area contributed by atoms with Gasteiger partial charge in [0.25, 0.3) is 0 Å². The monoisotopic (exact) mass is 303 g/mol. The van der Waals surface area contributed by atoms with E-state index >= 15 is 0 Å². The normalized spacial score (nSPS) is 18.7. The molecule has 1 saturated heterocycles. The largest absolute Gasteiger partial charge is 0.493 e. The molecule has 0 amide bonds. The Morgan fingerprint density at radius 1 is 1.32 bits per heavy atom. The topological polar surface area (TPSA) is 38.3 Å². The number of ether oxygens (including phenoxy) is 1. The lowest BCUT2D eigenvalue weighted by Crippen LogP contribution is -2.34. The number of rotatable bonds is 6. The second-order valence-electron chi connectivity index (χ2n) is 7.02. The van der Waals surface area contributed by atoms with Gasteiger partial charge in [0, 0.05) is 18.0 Å². The lowest BCUT2D eigenvalue weighted by molar-refractivity contribution is 0.0899. The molecule has 1 fully saturated rings. The molecule has 0 aromatic heterocycles. The molecule has 1 aliphatic heterocycles. The highest BCUT2D eigenvalue weighted by Gasteiger charge is 2.23. The Kier molecular flexibility index (Phi) is 6.01. The van der Waals surface area contributed by atoms with E-state index in [1.165, 1.54) is 0 Å². The first-order valence-electron chi connectivity index (χ1n) is 8.50. The van der Waals surface area contributed by atoms with E-state index in [-0.39, 0.29) is 11.7 Å². The molecule has 1 atom stereocenters. The van der Waals surface area contributed by atoms with Crippen LogP contribution in [0.2, 0.25) is 0 Å². The zero-order valence-corrected chi connectivity index (χ0v) is 14.3. The number of Topliss-reactive ketones (excluding diaryl/α,β-unsaturated/α-hetero) is 1. The molecule has 0 bridgehead atoms. The molecule has 22 heavy (non-hydrogen) atoms. The minimum Gasteiger partial charge on any atom is -0.493 e. The van der Waals surface area contributed by atoms with Gasteiger partial charge in [0.1, 0.15) is 5.75 Å². The van der Waals surface area contributed by atoms with Crippen LogP contribution in [-0.2, 0) is 0 Å². The first-order chi connectivity index (χ1) is 10.5. The average Bonchev–Trinajstić information content (AvgIpc) is 2.52. The van der Waals surface area contributed by atoms with Gasteiger partial charge in [-0.15, -0.1) is 0 Å². The van der Waals surface area contributed by atoms with Crippen LogP contribution in [0.15, 0.2) is 18.2 Å². The third kappa shape index (κ3) is 4.33. The third-order valence-electron chi connectivity index (χ3n) is 4.16. The number of carbonyl (C=O) groups excluding carboxylic acids is 1. The standard InChI is InChI=1S/C19H29NO2/c1-13(2)12-22-18-8-7-15(10-17(18)14(3)4)19(21)16-6-5-9-20-11-16/h7-8,10,13-14,16,20H,5-6,9,11-12H2,1-4H3. The van der Waals surface area contributed by atoms with Crippen molar-refractivity contribution in [3.05, 3.63) is 29.3 Å². The van der Waals surface area contributed by atoms with Gasteiger partial charge in [0.15, 0.2) is 5.78 Å². The van der Waals surface area contributed by atoms with Crippen LogP contribution in [0.5, 0.6) is 5.75 Å². The molecule has 1 aromatic carbocycles. The van der Waals surface area contributed by atoms with Crippen molar-refractivity contribution >= 4 is 5.78 Å². The number of hydrogen-bond acceptors (Lipinski definition) is 3. The first-order valence-corrected chi connectivity index (χ1v) is 8.50. The smallest absolute Gasteiger partial charge is 0.167 e. The van der Waals surface area contributed by atoms with E-state index in [2.05, 4.69) is 33.0 Å². The van der Waals surface area contributed by atoms with E-state index in [0.717, 1.165) is 42.8 Å². The zero-order valence-electron chi connectivity index (χ0n) is 14.3. The van der Waals surface area contributed by atoms with E-state index in [1.54, 1.807) is 0 Å². The van der Waals surface area contributed by atoms with Crippen LogP contribution < -0.4 is 10.1 Å². The van der Waals surface area contributed by atoms with Crippen molar-refractivity contribution in [2.75, 3.05) is 19.7 Å². The summed E-state index contributed by atoms with van der Waals surface area (Å²) in [5.41, 5.74) is 1.96. The van der Waals surface area contributed by atoms with Gasteiger partial charge < -0.3 is 10.1 Å². The van der Waals surface area contributed by atoms with Gasteiger partial charge >= 0.3 is 0 Å². The fraction of sp³-hybridized carbons (Fsp3) is 0.632. The van der Waals surface area contributed by atoms with Gasteiger partial charge in [-0.2, -0.15) is 0 Å². The summed E-state index contributed by atoms with van der Waals surface area (Å²) in [6.45, 7) is 11.1. The molecule has 1 aromatic rings. The lowest BCUT2D eigenvalue weighted by Gasteiger charge is -2.22. The molecule has 0 radical (unpaired) electrons. The second-order valence-corrected chi connectivity index (χ2v) is 7.02.